The molecule has 5 nitrogen and oxygen atoms in total. The van der Waals surface area contributed by atoms with Crippen LogP contribution in [0.2, 0.25) is 0 Å². The van der Waals surface area contributed by atoms with Crippen LogP contribution in [0.1, 0.15) is 5.56 Å². The Labute approximate surface area is 148 Å². The van der Waals surface area contributed by atoms with Crippen molar-refractivity contribution in [3.8, 4) is 0 Å². The predicted octanol–water partition coefficient (Wildman–Crippen LogP) is 2.33. The lowest BCUT2D eigenvalue weighted by Crippen LogP contribution is -2.53. The van der Waals surface area contributed by atoms with Gasteiger partial charge in [-0.1, -0.05) is 12.1 Å². The molecule has 0 saturated carbocycles. The lowest BCUT2D eigenvalue weighted by Gasteiger charge is -2.27. The highest BCUT2D eigenvalue weighted by atomic mass is 79.9. The van der Waals surface area contributed by atoms with Crippen molar-refractivity contribution < 1.29 is 9.59 Å². The first-order valence-electron chi connectivity index (χ1n) is 6.81. The zero-order valence-corrected chi connectivity index (χ0v) is 15.2. The maximum absolute atomic E-state index is 12.4. The molecule has 0 radical (unpaired) electrons. The molecule has 120 valence electrons. The monoisotopic (exact) mass is 393 g/mol. The Morgan fingerprint density at radius 1 is 1.39 bits per heavy atom. The van der Waals surface area contributed by atoms with Crippen molar-refractivity contribution in [1.82, 2.24) is 10.2 Å². The Hall–Kier alpha value is -1.99. The lowest BCUT2D eigenvalue weighted by molar-refractivity contribution is -0.128. The Morgan fingerprint density at radius 3 is 2.65 bits per heavy atom. The molecule has 0 bridgehead atoms. The molecule has 1 aliphatic heterocycles. The minimum atomic E-state index is -0.492. The smallest absolute Gasteiger partial charge is 0.265 e. The number of anilines is 1. The van der Waals surface area contributed by atoms with Crippen LogP contribution < -0.4 is 10.2 Å². The first-order chi connectivity index (χ1) is 10.8. The molecule has 0 spiro atoms. The Bertz CT molecular complexity index is 728. The summed E-state index contributed by atoms with van der Waals surface area (Å²) in [7, 11) is 3.87. The van der Waals surface area contributed by atoms with Crippen LogP contribution in [0, 0.1) is 0 Å². The van der Waals surface area contributed by atoms with Gasteiger partial charge in [0.05, 0.1) is 5.69 Å². The third-order valence-corrected chi connectivity index (χ3v) is 4.22. The Balaban J connectivity index is 2.39. The molecule has 2 rings (SSSR count). The molecule has 1 fully saturated rings. The fourth-order valence-corrected chi connectivity index (χ4v) is 3.13. The van der Waals surface area contributed by atoms with Crippen LogP contribution in [0.3, 0.4) is 0 Å². The molecule has 0 atom stereocenters. The number of hydrogen-bond acceptors (Lipinski definition) is 4. The number of amides is 2. The van der Waals surface area contributed by atoms with Crippen LogP contribution in [-0.4, -0.2) is 42.5 Å². The van der Waals surface area contributed by atoms with Gasteiger partial charge in [-0.25, -0.2) is 0 Å². The minimum Gasteiger partial charge on any atom is -0.377 e. The van der Waals surface area contributed by atoms with E-state index in [2.05, 4.69) is 27.8 Å². The van der Waals surface area contributed by atoms with Gasteiger partial charge in [-0.05, 0) is 51.9 Å². The van der Waals surface area contributed by atoms with E-state index in [9.17, 15) is 9.59 Å². The minimum absolute atomic E-state index is 0.0463. The quantitative estimate of drug-likeness (QED) is 0.369. The molecule has 1 N–H and O–H groups in total. The average Bonchev–Trinajstić information content (AvgIpc) is 2.47. The van der Waals surface area contributed by atoms with Gasteiger partial charge < -0.3 is 4.90 Å². The zero-order valence-electron chi connectivity index (χ0n) is 12.8. The van der Waals surface area contributed by atoms with Crippen LogP contribution >= 0.6 is 28.1 Å². The SMILES string of the molecule is C=CCN1C(=O)C(=Cc2ccc(N(C)C)c(Br)c2)C(=O)NC1=S. The molecular weight excluding hydrogens is 378 g/mol. The molecule has 7 heteroatoms. The second-order valence-corrected chi connectivity index (χ2v) is 6.37. The third kappa shape index (κ3) is 3.68. The summed E-state index contributed by atoms with van der Waals surface area (Å²) >= 11 is 8.50. The molecule has 0 aliphatic carbocycles. The third-order valence-electron chi connectivity index (χ3n) is 3.26. The van der Waals surface area contributed by atoms with E-state index in [4.69, 9.17) is 12.2 Å². The molecule has 1 aliphatic rings. The molecule has 1 saturated heterocycles. The number of nitrogens with one attached hydrogen (secondary N) is 1. The molecule has 23 heavy (non-hydrogen) atoms. The summed E-state index contributed by atoms with van der Waals surface area (Å²) in [6.45, 7) is 3.84. The van der Waals surface area contributed by atoms with E-state index in [1.54, 1.807) is 12.2 Å². The van der Waals surface area contributed by atoms with Gasteiger partial charge in [0, 0.05) is 25.1 Å². The molecule has 0 aromatic heterocycles. The highest BCUT2D eigenvalue weighted by Gasteiger charge is 2.32. The van der Waals surface area contributed by atoms with Crippen molar-refractivity contribution in [3.05, 3.63) is 46.5 Å². The molecule has 2 amide bonds. The summed E-state index contributed by atoms with van der Waals surface area (Å²) in [5, 5.41) is 2.62. The van der Waals surface area contributed by atoms with E-state index in [0.717, 1.165) is 15.7 Å². The van der Waals surface area contributed by atoms with Crippen molar-refractivity contribution >= 4 is 56.8 Å². The number of nitrogens with zero attached hydrogens (tertiary/aromatic N) is 2. The van der Waals surface area contributed by atoms with Gasteiger partial charge in [-0.15, -0.1) is 6.58 Å². The van der Waals surface area contributed by atoms with Crippen molar-refractivity contribution in [3.63, 3.8) is 0 Å². The number of benzene rings is 1. The highest BCUT2D eigenvalue weighted by molar-refractivity contribution is 9.10. The van der Waals surface area contributed by atoms with Gasteiger partial charge in [0.1, 0.15) is 5.57 Å². The molecule has 1 heterocycles. The van der Waals surface area contributed by atoms with Crippen LogP contribution in [0.5, 0.6) is 0 Å². The summed E-state index contributed by atoms with van der Waals surface area (Å²) < 4.78 is 0.874. The Morgan fingerprint density at radius 2 is 2.09 bits per heavy atom. The summed E-state index contributed by atoms with van der Waals surface area (Å²) in [5.74, 6) is -0.917. The molecule has 0 unspecified atom stereocenters. The number of carbonyl (C=O) groups excluding carboxylic acids is 2. The largest absolute Gasteiger partial charge is 0.377 e. The van der Waals surface area contributed by atoms with Gasteiger partial charge in [0.25, 0.3) is 11.8 Å². The van der Waals surface area contributed by atoms with Crippen molar-refractivity contribution in [1.29, 1.82) is 0 Å². The fourth-order valence-electron chi connectivity index (χ4n) is 2.13. The van der Waals surface area contributed by atoms with Crippen LogP contribution in [0.4, 0.5) is 5.69 Å². The lowest BCUT2D eigenvalue weighted by atomic mass is 10.1. The van der Waals surface area contributed by atoms with Crippen molar-refractivity contribution in [2.45, 2.75) is 0 Å². The summed E-state index contributed by atoms with van der Waals surface area (Å²) in [4.78, 5) is 27.8. The molecule has 1 aromatic carbocycles. The van der Waals surface area contributed by atoms with Gasteiger partial charge in [0.2, 0.25) is 0 Å². The van der Waals surface area contributed by atoms with E-state index in [1.807, 2.05) is 37.2 Å². The number of carbonyl (C=O) groups is 2. The van der Waals surface area contributed by atoms with Gasteiger partial charge in [-0.2, -0.15) is 0 Å². The van der Waals surface area contributed by atoms with Crippen molar-refractivity contribution in [2.75, 3.05) is 25.5 Å². The van der Waals surface area contributed by atoms with E-state index in [1.165, 1.54) is 4.90 Å². The van der Waals surface area contributed by atoms with Gasteiger partial charge in [-0.3, -0.25) is 19.8 Å². The molecule has 1 aromatic rings. The summed E-state index contributed by atoms with van der Waals surface area (Å²) in [6.07, 6.45) is 3.11. The van der Waals surface area contributed by atoms with Gasteiger partial charge in [0.15, 0.2) is 5.11 Å². The van der Waals surface area contributed by atoms with Gasteiger partial charge >= 0.3 is 0 Å². The van der Waals surface area contributed by atoms with Crippen molar-refractivity contribution in [2.24, 2.45) is 0 Å². The number of hydrogen-bond donors (Lipinski definition) is 1. The van der Waals surface area contributed by atoms with E-state index in [0.29, 0.717) is 0 Å². The number of thiocarbonyl (C=S) groups is 1. The van der Waals surface area contributed by atoms with E-state index >= 15 is 0 Å². The molecular formula is C16H16BrN3O2S. The fraction of sp³-hybridized carbons (Fsp3) is 0.188. The standard InChI is InChI=1S/C16H16BrN3O2S/c1-4-7-20-15(22)11(14(21)18-16(20)23)8-10-5-6-13(19(2)3)12(17)9-10/h4-6,8-9H,1,7H2,2-3H3,(H,18,21,23). The zero-order chi connectivity index (χ0) is 17.1. The maximum Gasteiger partial charge on any atom is 0.265 e. The Kier molecular flexibility index (Phi) is 5.33. The number of rotatable bonds is 4. The second kappa shape index (κ2) is 7.06. The average molecular weight is 394 g/mol. The predicted molar refractivity (Wildman–Crippen MR) is 99.1 cm³/mol. The van der Waals surface area contributed by atoms with Crippen LogP contribution in [0.25, 0.3) is 6.08 Å². The van der Waals surface area contributed by atoms with E-state index < -0.39 is 11.8 Å². The topological polar surface area (TPSA) is 52.7 Å². The maximum atomic E-state index is 12.4. The normalized spacial score (nSPS) is 16.6. The highest BCUT2D eigenvalue weighted by Crippen LogP contribution is 2.27. The second-order valence-electron chi connectivity index (χ2n) is 5.13. The first-order valence-corrected chi connectivity index (χ1v) is 8.02. The summed E-state index contributed by atoms with van der Waals surface area (Å²) in [5.41, 5.74) is 1.79. The summed E-state index contributed by atoms with van der Waals surface area (Å²) in [6, 6.07) is 5.61. The van der Waals surface area contributed by atoms with Crippen LogP contribution in [0.15, 0.2) is 40.9 Å². The van der Waals surface area contributed by atoms with Crippen LogP contribution in [-0.2, 0) is 9.59 Å². The number of halogens is 1. The van der Waals surface area contributed by atoms with E-state index in [-0.39, 0.29) is 17.2 Å². The first kappa shape index (κ1) is 17.4.